The lowest BCUT2D eigenvalue weighted by molar-refractivity contribution is 0.0953. The summed E-state index contributed by atoms with van der Waals surface area (Å²) in [7, 11) is 1.57. The molecule has 2 unspecified atom stereocenters. The fraction of sp³-hybridized carbons (Fsp3) is 0.345. The fourth-order valence-corrected chi connectivity index (χ4v) is 5.47. The van der Waals surface area contributed by atoms with E-state index in [1.807, 2.05) is 29.7 Å². The first kappa shape index (κ1) is 25.4. The maximum absolute atomic E-state index is 13.0. The number of carbonyl (C=O) groups excluding carboxylic acids is 2. The molecule has 2 aromatic carbocycles. The standard InChI is InChI=1S/C29H33N5O4/c1-3-12-30-28(36)20-10-11-26(24(14-20)32-29(37)31-22-6-4-7-23(15-22)38-2)33-16-19-13-21(18-33)25-8-5-9-27(35)34(25)17-19/h4-11,14-15,19,21H,3,12-13,16-18H2,1-2H3,(H,30,36)(H2,31,32,37). The van der Waals surface area contributed by atoms with Crippen LogP contribution in [-0.2, 0) is 6.54 Å². The van der Waals surface area contributed by atoms with Crippen LogP contribution in [0.1, 0.15) is 41.7 Å². The van der Waals surface area contributed by atoms with Gasteiger partial charge in [-0.25, -0.2) is 4.79 Å². The second-order valence-corrected chi connectivity index (χ2v) is 9.90. The van der Waals surface area contributed by atoms with E-state index in [0.29, 0.717) is 48.2 Å². The third-order valence-corrected chi connectivity index (χ3v) is 7.19. The zero-order chi connectivity index (χ0) is 26.6. The summed E-state index contributed by atoms with van der Waals surface area (Å²) < 4.78 is 7.15. The van der Waals surface area contributed by atoms with E-state index < -0.39 is 6.03 Å². The number of aromatic nitrogens is 1. The first-order chi connectivity index (χ1) is 18.4. The van der Waals surface area contributed by atoms with Crippen molar-refractivity contribution in [1.29, 1.82) is 0 Å². The Hall–Kier alpha value is -4.27. The van der Waals surface area contributed by atoms with Crippen LogP contribution in [0, 0.1) is 5.92 Å². The van der Waals surface area contributed by atoms with E-state index in [1.165, 1.54) is 0 Å². The molecule has 0 aliphatic carbocycles. The minimum atomic E-state index is -0.417. The lowest BCUT2D eigenvalue weighted by Crippen LogP contribution is -2.47. The SMILES string of the molecule is CCCNC(=O)c1ccc(N2CC3CC(C2)c2cccc(=O)n2C3)c(NC(=O)Nc2cccc(OC)c2)c1. The molecule has 0 radical (unpaired) electrons. The number of hydrogen-bond acceptors (Lipinski definition) is 5. The van der Waals surface area contributed by atoms with E-state index in [9.17, 15) is 14.4 Å². The van der Waals surface area contributed by atoms with Gasteiger partial charge in [-0.3, -0.25) is 9.59 Å². The van der Waals surface area contributed by atoms with Crippen molar-refractivity contribution >= 4 is 29.0 Å². The Morgan fingerprint density at radius 3 is 2.66 bits per heavy atom. The van der Waals surface area contributed by atoms with E-state index >= 15 is 0 Å². The molecule has 38 heavy (non-hydrogen) atoms. The van der Waals surface area contributed by atoms with Gasteiger partial charge in [0.1, 0.15) is 5.75 Å². The number of ether oxygens (including phenoxy) is 1. The Balaban J connectivity index is 1.43. The van der Waals surface area contributed by atoms with Crippen LogP contribution >= 0.6 is 0 Å². The molecular formula is C29H33N5O4. The van der Waals surface area contributed by atoms with Gasteiger partial charge in [-0.05, 0) is 55.2 Å². The second-order valence-electron chi connectivity index (χ2n) is 9.90. The Kier molecular flexibility index (Phi) is 7.35. The average molecular weight is 516 g/mol. The number of amides is 3. The number of fused-ring (bicyclic) bond motifs is 4. The summed E-state index contributed by atoms with van der Waals surface area (Å²) in [6.45, 7) is 4.73. The molecule has 3 aromatic rings. The maximum Gasteiger partial charge on any atom is 0.323 e. The molecule has 2 aliphatic heterocycles. The Labute approximate surface area is 221 Å². The van der Waals surface area contributed by atoms with Crippen molar-refractivity contribution in [3.63, 3.8) is 0 Å². The van der Waals surface area contributed by atoms with Crippen LogP contribution in [0.3, 0.4) is 0 Å². The Bertz CT molecular complexity index is 1400. The average Bonchev–Trinajstić information content (AvgIpc) is 2.92. The summed E-state index contributed by atoms with van der Waals surface area (Å²) in [6, 6.07) is 17.6. The monoisotopic (exact) mass is 515 g/mol. The number of benzene rings is 2. The molecule has 2 aliphatic rings. The van der Waals surface area contributed by atoms with Gasteiger partial charge in [0, 0.05) is 61.2 Å². The quantitative estimate of drug-likeness (QED) is 0.436. The number of methoxy groups -OCH3 is 1. The Morgan fingerprint density at radius 1 is 1.00 bits per heavy atom. The highest BCUT2D eigenvalue weighted by Gasteiger charge is 2.35. The van der Waals surface area contributed by atoms with Crippen LogP contribution in [0.4, 0.5) is 21.9 Å². The second kappa shape index (κ2) is 11.0. The minimum absolute atomic E-state index is 0.0460. The van der Waals surface area contributed by atoms with Gasteiger partial charge in [0.05, 0.1) is 18.5 Å². The van der Waals surface area contributed by atoms with Crippen LogP contribution in [-0.4, -0.2) is 43.2 Å². The molecule has 9 nitrogen and oxygen atoms in total. The largest absolute Gasteiger partial charge is 0.497 e. The van der Waals surface area contributed by atoms with Crippen molar-refractivity contribution in [2.75, 3.05) is 42.3 Å². The van der Waals surface area contributed by atoms with Gasteiger partial charge in [-0.2, -0.15) is 0 Å². The highest BCUT2D eigenvalue weighted by atomic mass is 16.5. The number of urea groups is 1. The topological polar surface area (TPSA) is 105 Å². The smallest absolute Gasteiger partial charge is 0.323 e. The lowest BCUT2D eigenvalue weighted by Gasteiger charge is -2.44. The molecule has 198 valence electrons. The number of hydrogen-bond donors (Lipinski definition) is 3. The summed E-state index contributed by atoms with van der Waals surface area (Å²) in [5, 5.41) is 8.72. The maximum atomic E-state index is 13.0. The van der Waals surface area contributed by atoms with Crippen molar-refractivity contribution in [3.05, 3.63) is 82.3 Å². The number of anilines is 3. The molecule has 2 atom stereocenters. The van der Waals surface area contributed by atoms with E-state index in [2.05, 4.69) is 20.9 Å². The number of nitrogens with zero attached hydrogens (tertiary/aromatic N) is 2. The zero-order valence-corrected chi connectivity index (χ0v) is 21.7. The first-order valence-corrected chi connectivity index (χ1v) is 13.0. The molecule has 9 heteroatoms. The molecule has 5 rings (SSSR count). The normalized spacial score (nSPS) is 17.8. The summed E-state index contributed by atoms with van der Waals surface area (Å²) in [5.41, 5.74) is 3.57. The van der Waals surface area contributed by atoms with Gasteiger partial charge in [-0.15, -0.1) is 0 Å². The number of rotatable bonds is 7. The van der Waals surface area contributed by atoms with Gasteiger partial charge in [0.2, 0.25) is 0 Å². The van der Waals surface area contributed by atoms with Gasteiger partial charge >= 0.3 is 6.03 Å². The number of piperidine rings is 1. The van der Waals surface area contributed by atoms with E-state index in [1.54, 1.807) is 49.6 Å². The summed E-state index contributed by atoms with van der Waals surface area (Å²) >= 11 is 0. The molecule has 1 aromatic heterocycles. The first-order valence-electron chi connectivity index (χ1n) is 13.0. The van der Waals surface area contributed by atoms with Crippen LogP contribution in [0.25, 0.3) is 0 Å². The van der Waals surface area contributed by atoms with Crippen molar-refractivity contribution in [2.24, 2.45) is 5.92 Å². The molecule has 0 spiro atoms. The van der Waals surface area contributed by atoms with E-state index in [0.717, 1.165) is 30.8 Å². The summed E-state index contributed by atoms with van der Waals surface area (Å²) in [4.78, 5) is 40.5. The molecule has 3 heterocycles. The predicted octanol–water partition coefficient (Wildman–Crippen LogP) is 4.26. The molecule has 0 saturated carbocycles. The minimum Gasteiger partial charge on any atom is -0.497 e. The third-order valence-electron chi connectivity index (χ3n) is 7.19. The number of nitrogens with one attached hydrogen (secondary N) is 3. The summed E-state index contributed by atoms with van der Waals surface area (Å²) in [6.07, 6.45) is 1.86. The highest BCUT2D eigenvalue weighted by molar-refractivity contribution is 6.04. The predicted molar refractivity (Wildman–Crippen MR) is 148 cm³/mol. The Morgan fingerprint density at radius 2 is 1.84 bits per heavy atom. The molecule has 3 N–H and O–H groups in total. The van der Waals surface area contributed by atoms with Crippen LogP contribution in [0.2, 0.25) is 0 Å². The third kappa shape index (κ3) is 5.37. The number of pyridine rings is 1. The molecule has 1 fully saturated rings. The van der Waals surface area contributed by atoms with Crippen LogP contribution in [0.15, 0.2) is 65.5 Å². The molecule has 2 bridgehead atoms. The molecular weight excluding hydrogens is 482 g/mol. The van der Waals surface area contributed by atoms with Crippen molar-refractivity contribution < 1.29 is 14.3 Å². The highest BCUT2D eigenvalue weighted by Crippen LogP contribution is 2.39. The molecule has 3 amide bonds. The zero-order valence-electron chi connectivity index (χ0n) is 21.7. The summed E-state index contributed by atoms with van der Waals surface area (Å²) in [5.74, 6) is 0.977. The van der Waals surface area contributed by atoms with Gasteiger partial charge in [0.15, 0.2) is 0 Å². The molecule has 1 saturated heterocycles. The van der Waals surface area contributed by atoms with Crippen LogP contribution < -0.4 is 31.1 Å². The fourth-order valence-electron chi connectivity index (χ4n) is 5.47. The van der Waals surface area contributed by atoms with Gasteiger partial charge < -0.3 is 30.2 Å². The van der Waals surface area contributed by atoms with Crippen molar-refractivity contribution in [1.82, 2.24) is 9.88 Å². The van der Waals surface area contributed by atoms with E-state index in [-0.39, 0.29) is 17.4 Å². The van der Waals surface area contributed by atoms with Gasteiger partial charge in [-0.1, -0.05) is 19.1 Å². The number of carbonyl (C=O) groups is 2. The van der Waals surface area contributed by atoms with Crippen LogP contribution in [0.5, 0.6) is 5.75 Å². The van der Waals surface area contributed by atoms with Gasteiger partial charge in [0.25, 0.3) is 11.5 Å². The lowest BCUT2D eigenvalue weighted by atomic mass is 9.83. The van der Waals surface area contributed by atoms with E-state index in [4.69, 9.17) is 4.74 Å². The van der Waals surface area contributed by atoms with Crippen molar-refractivity contribution in [3.8, 4) is 5.75 Å². The van der Waals surface area contributed by atoms with Crippen molar-refractivity contribution in [2.45, 2.75) is 32.2 Å².